The van der Waals surface area contributed by atoms with Gasteiger partial charge < -0.3 is 14.9 Å². The van der Waals surface area contributed by atoms with Crippen LogP contribution in [0, 0.1) is 0 Å². The smallest absolute Gasteiger partial charge is 0.320 e. The van der Waals surface area contributed by atoms with E-state index in [1.165, 1.54) is 6.42 Å². The molecule has 1 N–H and O–H groups in total. The first kappa shape index (κ1) is 15.3. The van der Waals surface area contributed by atoms with Crippen molar-refractivity contribution in [3.8, 4) is 0 Å². The summed E-state index contributed by atoms with van der Waals surface area (Å²) in [7, 11) is 0. The molecule has 2 unspecified atom stereocenters. The molecule has 4 heteroatoms. The molecule has 2 atom stereocenters. The number of piperidine rings is 1. The van der Waals surface area contributed by atoms with Gasteiger partial charge in [-0.05, 0) is 53.9 Å². The summed E-state index contributed by atoms with van der Waals surface area (Å²) in [4.78, 5) is 16.3. The lowest BCUT2D eigenvalue weighted by molar-refractivity contribution is 0.0310. The van der Waals surface area contributed by atoms with E-state index in [1.807, 2.05) is 11.8 Å². The third kappa shape index (κ3) is 3.87. The van der Waals surface area contributed by atoms with Crippen molar-refractivity contribution in [3.05, 3.63) is 0 Å². The van der Waals surface area contributed by atoms with Crippen LogP contribution in [0.5, 0.6) is 0 Å². The zero-order valence-corrected chi connectivity index (χ0v) is 12.4. The lowest BCUT2D eigenvalue weighted by atomic mass is 9.98. The van der Waals surface area contributed by atoms with Crippen molar-refractivity contribution in [2.75, 3.05) is 13.1 Å². The summed E-state index contributed by atoms with van der Waals surface area (Å²) in [6.45, 7) is 10.7. The summed E-state index contributed by atoms with van der Waals surface area (Å²) >= 11 is 0. The minimum Gasteiger partial charge on any atom is -0.389 e. The predicted octanol–water partition coefficient (Wildman–Crippen LogP) is 2.46. The number of carbonyl (C=O) groups is 1. The zero-order valence-electron chi connectivity index (χ0n) is 12.4. The minimum absolute atomic E-state index is 0.0688. The van der Waals surface area contributed by atoms with Gasteiger partial charge in [0.2, 0.25) is 0 Å². The van der Waals surface area contributed by atoms with Crippen LogP contribution < -0.4 is 0 Å². The van der Waals surface area contributed by atoms with Gasteiger partial charge in [0, 0.05) is 18.6 Å². The van der Waals surface area contributed by atoms with Crippen molar-refractivity contribution in [2.24, 2.45) is 0 Å². The van der Waals surface area contributed by atoms with Crippen LogP contribution in [0.1, 0.15) is 53.9 Å². The Labute approximate surface area is 111 Å². The molecule has 1 aliphatic heterocycles. The molecule has 2 amide bonds. The van der Waals surface area contributed by atoms with Crippen molar-refractivity contribution in [3.63, 3.8) is 0 Å². The number of rotatable bonds is 3. The number of amides is 2. The van der Waals surface area contributed by atoms with Gasteiger partial charge in [-0.3, -0.25) is 0 Å². The summed E-state index contributed by atoms with van der Waals surface area (Å²) in [6.07, 6.45) is 3.36. The zero-order chi connectivity index (χ0) is 13.9. The number of hydrogen-bond donors (Lipinski definition) is 1. The van der Waals surface area contributed by atoms with E-state index < -0.39 is 5.60 Å². The van der Waals surface area contributed by atoms with Crippen LogP contribution in [0.3, 0.4) is 0 Å². The fourth-order valence-corrected chi connectivity index (χ4v) is 2.74. The van der Waals surface area contributed by atoms with Gasteiger partial charge in [0.1, 0.15) is 0 Å². The van der Waals surface area contributed by atoms with Crippen molar-refractivity contribution in [2.45, 2.75) is 71.6 Å². The molecule has 0 saturated carbocycles. The second-order valence-electron chi connectivity index (χ2n) is 6.15. The van der Waals surface area contributed by atoms with E-state index in [9.17, 15) is 9.90 Å². The van der Waals surface area contributed by atoms with Crippen LogP contribution in [0.4, 0.5) is 4.79 Å². The first-order valence-corrected chi connectivity index (χ1v) is 7.06. The Bertz CT molecular complexity index is 276. The van der Waals surface area contributed by atoms with E-state index in [4.69, 9.17) is 0 Å². The number of aliphatic hydroxyl groups is 1. The summed E-state index contributed by atoms with van der Waals surface area (Å²) in [5.41, 5.74) is -0.839. The van der Waals surface area contributed by atoms with Crippen molar-refractivity contribution < 1.29 is 9.90 Å². The highest BCUT2D eigenvalue weighted by atomic mass is 16.3. The van der Waals surface area contributed by atoms with E-state index in [0.29, 0.717) is 25.2 Å². The summed E-state index contributed by atoms with van der Waals surface area (Å²) in [5, 5.41) is 9.89. The molecule has 1 aliphatic rings. The lowest BCUT2D eigenvalue weighted by Gasteiger charge is -2.42. The summed E-state index contributed by atoms with van der Waals surface area (Å²) in [5.74, 6) is 0. The van der Waals surface area contributed by atoms with Gasteiger partial charge in [-0.15, -0.1) is 0 Å². The topological polar surface area (TPSA) is 43.8 Å². The average Bonchev–Trinajstić information content (AvgIpc) is 2.24. The monoisotopic (exact) mass is 256 g/mol. The van der Waals surface area contributed by atoms with Crippen LogP contribution in [0.25, 0.3) is 0 Å². The number of hydrogen-bond acceptors (Lipinski definition) is 2. The van der Waals surface area contributed by atoms with Crippen LogP contribution in [-0.2, 0) is 0 Å². The third-order valence-corrected chi connectivity index (χ3v) is 3.64. The second-order valence-corrected chi connectivity index (χ2v) is 6.15. The molecule has 18 heavy (non-hydrogen) atoms. The van der Waals surface area contributed by atoms with Gasteiger partial charge in [0.15, 0.2) is 0 Å². The molecule has 1 heterocycles. The first-order chi connectivity index (χ1) is 8.26. The predicted molar refractivity (Wildman–Crippen MR) is 73.6 cm³/mol. The molecule has 4 nitrogen and oxygen atoms in total. The fourth-order valence-electron chi connectivity index (χ4n) is 2.74. The van der Waals surface area contributed by atoms with Crippen LogP contribution in [0.15, 0.2) is 0 Å². The number of likely N-dealkylation sites (tertiary alicyclic amines) is 1. The van der Waals surface area contributed by atoms with Crippen LogP contribution in [0.2, 0.25) is 0 Å². The fraction of sp³-hybridized carbons (Fsp3) is 0.929. The van der Waals surface area contributed by atoms with Gasteiger partial charge in [-0.25, -0.2) is 4.79 Å². The SMILES string of the molecule is CCN(CC(C)(C)O)C(=O)N1C(C)CCCC1C. The minimum atomic E-state index is -0.839. The number of urea groups is 1. The highest BCUT2D eigenvalue weighted by Crippen LogP contribution is 2.24. The Kier molecular flexibility index (Phi) is 5.02. The van der Waals surface area contributed by atoms with Gasteiger partial charge in [-0.1, -0.05) is 0 Å². The highest BCUT2D eigenvalue weighted by Gasteiger charge is 2.33. The van der Waals surface area contributed by atoms with E-state index in [1.54, 1.807) is 18.7 Å². The van der Waals surface area contributed by atoms with Gasteiger partial charge in [0.25, 0.3) is 0 Å². The molecule has 0 radical (unpaired) electrons. The average molecular weight is 256 g/mol. The maximum atomic E-state index is 12.6. The number of nitrogens with zero attached hydrogens (tertiary/aromatic N) is 2. The number of likely N-dealkylation sites (N-methyl/N-ethyl adjacent to an activating group) is 1. The van der Waals surface area contributed by atoms with E-state index in [0.717, 1.165) is 12.8 Å². The molecule has 1 fully saturated rings. The Morgan fingerprint density at radius 3 is 2.22 bits per heavy atom. The van der Waals surface area contributed by atoms with E-state index in [-0.39, 0.29) is 6.03 Å². The maximum Gasteiger partial charge on any atom is 0.320 e. The Balaban J connectivity index is 2.76. The Hall–Kier alpha value is -0.770. The highest BCUT2D eigenvalue weighted by molar-refractivity contribution is 5.75. The van der Waals surface area contributed by atoms with Gasteiger partial charge in [-0.2, -0.15) is 0 Å². The molecule has 0 bridgehead atoms. The molecule has 0 spiro atoms. The normalized spacial score (nSPS) is 25.1. The largest absolute Gasteiger partial charge is 0.389 e. The molecule has 106 valence electrons. The van der Waals surface area contributed by atoms with Crippen molar-refractivity contribution in [1.82, 2.24) is 9.80 Å². The molecular weight excluding hydrogens is 228 g/mol. The van der Waals surface area contributed by atoms with Crippen molar-refractivity contribution >= 4 is 6.03 Å². The van der Waals surface area contributed by atoms with Gasteiger partial charge >= 0.3 is 6.03 Å². The Morgan fingerprint density at radius 2 is 1.83 bits per heavy atom. The Morgan fingerprint density at radius 1 is 1.33 bits per heavy atom. The van der Waals surface area contributed by atoms with Crippen molar-refractivity contribution in [1.29, 1.82) is 0 Å². The molecule has 1 saturated heterocycles. The number of carbonyl (C=O) groups excluding carboxylic acids is 1. The molecule has 0 aromatic rings. The summed E-state index contributed by atoms with van der Waals surface area (Å²) in [6, 6.07) is 0.675. The molecular formula is C14H28N2O2. The molecule has 1 rings (SSSR count). The van der Waals surface area contributed by atoms with Gasteiger partial charge in [0.05, 0.1) is 12.1 Å². The second kappa shape index (κ2) is 5.91. The maximum absolute atomic E-state index is 12.6. The van der Waals surface area contributed by atoms with E-state index >= 15 is 0 Å². The van der Waals surface area contributed by atoms with E-state index in [2.05, 4.69) is 13.8 Å². The molecule has 0 aliphatic carbocycles. The summed E-state index contributed by atoms with van der Waals surface area (Å²) < 4.78 is 0. The standard InChI is InChI=1S/C14H28N2O2/c1-6-15(10-14(4,5)18)13(17)16-11(2)8-7-9-12(16)3/h11-12,18H,6-10H2,1-5H3. The molecule has 0 aromatic heterocycles. The quantitative estimate of drug-likeness (QED) is 0.843. The van der Waals surface area contributed by atoms with Crippen LogP contribution in [-0.4, -0.2) is 51.7 Å². The molecule has 0 aromatic carbocycles. The first-order valence-electron chi connectivity index (χ1n) is 7.06. The van der Waals surface area contributed by atoms with Crippen LogP contribution >= 0.6 is 0 Å². The lowest BCUT2D eigenvalue weighted by Crippen LogP contribution is -2.55. The third-order valence-electron chi connectivity index (χ3n) is 3.64.